The van der Waals surface area contributed by atoms with Crippen LogP contribution in [0.1, 0.15) is 38.7 Å². The summed E-state index contributed by atoms with van der Waals surface area (Å²) < 4.78 is 5.46. The summed E-state index contributed by atoms with van der Waals surface area (Å²) in [6.45, 7) is 7.99. The van der Waals surface area contributed by atoms with Gasteiger partial charge >= 0.3 is 0 Å². The molecule has 1 aromatic carbocycles. The van der Waals surface area contributed by atoms with E-state index in [2.05, 4.69) is 29.3 Å². The fraction of sp³-hybridized carbons (Fsp3) is 0.650. The van der Waals surface area contributed by atoms with E-state index in [0.717, 1.165) is 57.8 Å². The topological polar surface area (TPSA) is 61.8 Å². The van der Waals surface area contributed by atoms with Crippen molar-refractivity contribution in [2.24, 2.45) is 11.8 Å². The average Bonchev–Trinajstić information content (AvgIpc) is 2.60. The lowest BCUT2D eigenvalue weighted by Crippen LogP contribution is -2.55. The SMILES string of the molecule is CC(=O)Nc1ccc(CN2CC[C@@](O)(C3CCOCC3)[C@H](C)C2)cc1. The summed E-state index contributed by atoms with van der Waals surface area (Å²) in [6.07, 6.45) is 2.79. The second-order valence-corrected chi connectivity index (χ2v) is 7.64. The number of hydrogen-bond donors (Lipinski definition) is 2. The van der Waals surface area contributed by atoms with Crippen LogP contribution in [-0.4, -0.2) is 47.8 Å². The van der Waals surface area contributed by atoms with Crippen molar-refractivity contribution in [3.63, 3.8) is 0 Å². The highest BCUT2D eigenvalue weighted by atomic mass is 16.5. The van der Waals surface area contributed by atoms with Crippen LogP contribution in [0, 0.1) is 11.8 Å². The van der Waals surface area contributed by atoms with Crippen molar-refractivity contribution in [2.75, 3.05) is 31.6 Å². The summed E-state index contributed by atoms with van der Waals surface area (Å²) in [7, 11) is 0. The molecule has 0 bridgehead atoms. The molecule has 0 saturated carbocycles. The molecule has 25 heavy (non-hydrogen) atoms. The maximum atomic E-state index is 11.2. The van der Waals surface area contributed by atoms with Crippen molar-refractivity contribution in [1.82, 2.24) is 4.90 Å². The number of rotatable bonds is 4. The Balaban J connectivity index is 1.56. The Morgan fingerprint density at radius 3 is 2.60 bits per heavy atom. The smallest absolute Gasteiger partial charge is 0.221 e. The van der Waals surface area contributed by atoms with E-state index in [1.54, 1.807) is 0 Å². The predicted octanol–water partition coefficient (Wildman–Crippen LogP) is 2.64. The summed E-state index contributed by atoms with van der Waals surface area (Å²) in [6, 6.07) is 8.02. The van der Waals surface area contributed by atoms with E-state index in [9.17, 15) is 9.90 Å². The Labute approximate surface area is 150 Å². The average molecular weight is 346 g/mol. The molecule has 2 N–H and O–H groups in total. The zero-order valence-corrected chi connectivity index (χ0v) is 15.3. The second-order valence-electron chi connectivity index (χ2n) is 7.64. The Hall–Kier alpha value is -1.43. The third-order valence-corrected chi connectivity index (χ3v) is 5.82. The quantitative estimate of drug-likeness (QED) is 0.880. The standard InChI is InChI=1S/C20H30N2O3/c1-15-13-22(10-9-20(15,24)18-7-11-25-12-8-18)14-17-3-5-19(6-4-17)21-16(2)23/h3-6,15,18,24H,7-14H2,1-2H3,(H,21,23)/t15-,20+/m1/s1. The molecule has 1 aromatic rings. The first-order valence-corrected chi connectivity index (χ1v) is 9.36. The van der Waals surface area contributed by atoms with Crippen LogP contribution in [-0.2, 0) is 16.1 Å². The number of piperidine rings is 1. The number of nitrogens with zero attached hydrogens (tertiary/aromatic N) is 1. The van der Waals surface area contributed by atoms with Gasteiger partial charge in [-0.3, -0.25) is 9.69 Å². The maximum Gasteiger partial charge on any atom is 0.221 e. The molecule has 2 aliphatic heterocycles. The van der Waals surface area contributed by atoms with Gasteiger partial charge in [-0.2, -0.15) is 0 Å². The molecule has 0 aromatic heterocycles. The molecule has 2 aliphatic rings. The lowest BCUT2D eigenvalue weighted by atomic mass is 9.70. The van der Waals surface area contributed by atoms with Crippen LogP contribution in [0.3, 0.4) is 0 Å². The number of aliphatic hydroxyl groups is 1. The normalized spacial score (nSPS) is 28.7. The van der Waals surface area contributed by atoms with Crippen molar-refractivity contribution in [1.29, 1.82) is 0 Å². The molecule has 0 spiro atoms. The molecular weight excluding hydrogens is 316 g/mol. The van der Waals surface area contributed by atoms with E-state index in [1.165, 1.54) is 12.5 Å². The van der Waals surface area contributed by atoms with Gasteiger partial charge in [0.2, 0.25) is 5.91 Å². The number of ether oxygens (including phenoxy) is 1. The van der Waals surface area contributed by atoms with Gasteiger partial charge in [0, 0.05) is 45.5 Å². The highest BCUT2D eigenvalue weighted by molar-refractivity contribution is 5.88. The molecule has 0 radical (unpaired) electrons. The second kappa shape index (κ2) is 7.85. The molecule has 5 heteroatoms. The van der Waals surface area contributed by atoms with E-state index >= 15 is 0 Å². The molecule has 2 heterocycles. The van der Waals surface area contributed by atoms with Gasteiger partial charge in [0.25, 0.3) is 0 Å². The Morgan fingerprint density at radius 1 is 1.32 bits per heavy atom. The number of amides is 1. The van der Waals surface area contributed by atoms with Gasteiger partial charge in [0.15, 0.2) is 0 Å². The monoisotopic (exact) mass is 346 g/mol. The Morgan fingerprint density at radius 2 is 2.00 bits per heavy atom. The summed E-state index contributed by atoms with van der Waals surface area (Å²) in [5, 5.41) is 14.0. The number of nitrogens with one attached hydrogen (secondary N) is 1. The molecular formula is C20H30N2O3. The third kappa shape index (κ3) is 4.40. The number of carbonyl (C=O) groups excluding carboxylic acids is 1. The molecule has 2 fully saturated rings. The van der Waals surface area contributed by atoms with Gasteiger partial charge in [-0.15, -0.1) is 0 Å². The van der Waals surface area contributed by atoms with Crippen LogP contribution in [0.15, 0.2) is 24.3 Å². The summed E-state index contributed by atoms with van der Waals surface area (Å²) in [5.41, 5.74) is 1.52. The lowest BCUT2D eigenvalue weighted by molar-refractivity contribution is -0.131. The molecule has 2 saturated heterocycles. The number of anilines is 1. The summed E-state index contributed by atoms with van der Waals surface area (Å²) in [5.74, 6) is 0.586. The molecule has 1 amide bonds. The molecule has 138 valence electrons. The predicted molar refractivity (Wildman–Crippen MR) is 98.3 cm³/mol. The maximum absolute atomic E-state index is 11.2. The van der Waals surface area contributed by atoms with E-state index in [1.807, 2.05) is 12.1 Å². The molecule has 3 rings (SSSR count). The fourth-order valence-corrected chi connectivity index (χ4v) is 4.32. The summed E-state index contributed by atoms with van der Waals surface area (Å²) in [4.78, 5) is 13.5. The Bertz CT molecular complexity index is 583. The van der Waals surface area contributed by atoms with Crippen molar-refractivity contribution in [3.05, 3.63) is 29.8 Å². The number of benzene rings is 1. The van der Waals surface area contributed by atoms with Crippen molar-refractivity contribution >= 4 is 11.6 Å². The van der Waals surface area contributed by atoms with E-state index in [0.29, 0.717) is 5.92 Å². The van der Waals surface area contributed by atoms with Gasteiger partial charge < -0.3 is 15.2 Å². The van der Waals surface area contributed by atoms with Crippen LogP contribution in [0.2, 0.25) is 0 Å². The first-order valence-electron chi connectivity index (χ1n) is 9.36. The van der Waals surface area contributed by atoms with E-state index in [4.69, 9.17) is 4.74 Å². The van der Waals surface area contributed by atoms with E-state index in [-0.39, 0.29) is 11.8 Å². The first-order chi connectivity index (χ1) is 12.0. The lowest BCUT2D eigenvalue weighted by Gasteiger charge is -2.48. The molecule has 5 nitrogen and oxygen atoms in total. The minimum absolute atomic E-state index is 0.0509. The van der Waals surface area contributed by atoms with Gasteiger partial charge in [-0.25, -0.2) is 0 Å². The molecule has 0 aliphatic carbocycles. The number of likely N-dealkylation sites (tertiary alicyclic amines) is 1. The Kier molecular flexibility index (Phi) is 5.77. The largest absolute Gasteiger partial charge is 0.389 e. The molecule has 2 atom stereocenters. The van der Waals surface area contributed by atoms with Gasteiger partial charge in [-0.05, 0) is 48.8 Å². The van der Waals surface area contributed by atoms with Crippen LogP contribution < -0.4 is 5.32 Å². The van der Waals surface area contributed by atoms with Crippen molar-refractivity contribution in [3.8, 4) is 0 Å². The van der Waals surface area contributed by atoms with Crippen molar-refractivity contribution in [2.45, 2.75) is 45.3 Å². The minimum atomic E-state index is -0.546. The van der Waals surface area contributed by atoms with E-state index < -0.39 is 5.60 Å². The number of carbonyl (C=O) groups is 1. The van der Waals surface area contributed by atoms with Crippen LogP contribution in [0.5, 0.6) is 0 Å². The first kappa shape index (κ1) is 18.4. The van der Waals surface area contributed by atoms with Crippen molar-refractivity contribution < 1.29 is 14.6 Å². The summed E-state index contributed by atoms with van der Waals surface area (Å²) >= 11 is 0. The highest BCUT2D eigenvalue weighted by Crippen LogP contribution is 2.39. The number of hydrogen-bond acceptors (Lipinski definition) is 4. The van der Waals surface area contributed by atoms with Gasteiger partial charge in [0.05, 0.1) is 5.60 Å². The van der Waals surface area contributed by atoms with Crippen LogP contribution in [0.25, 0.3) is 0 Å². The molecule has 0 unspecified atom stereocenters. The van der Waals surface area contributed by atoms with Gasteiger partial charge in [0.1, 0.15) is 0 Å². The van der Waals surface area contributed by atoms with Crippen LogP contribution >= 0.6 is 0 Å². The van der Waals surface area contributed by atoms with Gasteiger partial charge in [-0.1, -0.05) is 19.1 Å². The zero-order chi connectivity index (χ0) is 17.9. The zero-order valence-electron chi connectivity index (χ0n) is 15.3. The minimum Gasteiger partial charge on any atom is -0.389 e. The highest BCUT2D eigenvalue weighted by Gasteiger charge is 2.45. The fourth-order valence-electron chi connectivity index (χ4n) is 4.32. The van der Waals surface area contributed by atoms with Crippen LogP contribution in [0.4, 0.5) is 5.69 Å². The third-order valence-electron chi connectivity index (χ3n) is 5.82.